The van der Waals surface area contributed by atoms with E-state index in [1.165, 1.54) is 11.8 Å². The molecule has 2 aromatic rings. The van der Waals surface area contributed by atoms with E-state index >= 15 is 0 Å². The third-order valence-corrected chi connectivity index (χ3v) is 4.27. The molecule has 0 bridgehead atoms. The number of nitrogens with zero attached hydrogens (tertiary/aromatic N) is 2. The average molecular weight is 393 g/mol. The van der Waals surface area contributed by atoms with Crippen molar-refractivity contribution in [3.63, 3.8) is 0 Å². The van der Waals surface area contributed by atoms with Crippen LogP contribution in [0.3, 0.4) is 0 Å². The van der Waals surface area contributed by atoms with Gasteiger partial charge in [-0.25, -0.2) is 4.39 Å². The summed E-state index contributed by atoms with van der Waals surface area (Å²) >= 11 is 3.22. The molecule has 0 N–H and O–H groups in total. The van der Waals surface area contributed by atoms with Gasteiger partial charge in [0.2, 0.25) is 0 Å². The number of halogens is 2. The van der Waals surface area contributed by atoms with Gasteiger partial charge in [0, 0.05) is 28.8 Å². The van der Waals surface area contributed by atoms with E-state index in [0.717, 1.165) is 31.9 Å². The largest absolute Gasteiger partial charge is 0.391 e. The number of anilines is 1. The lowest BCUT2D eigenvalue weighted by Gasteiger charge is -2.28. The predicted molar refractivity (Wildman–Crippen MR) is 96.0 cm³/mol. The highest BCUT2D eigenvalue weighted by Gasteiger charge is 2.10. The first-order chi connectivity index (χ1) is 11.7. The molecule has 1 aliphatic rings. The summed E-state index contributed by atoms with van der Waals surface area (Å²) in [5.74, 6) is -0.311. The third kappa shape index (κ3) is 4.55. The molecule has 0 aliphatic carbocycles. The van der Waals surface area contributed by atoms with Crippen LogP contribution in [0.2, 0.25) is 0 Å². The molecule has 4 nitrogen and oxygen atoms in total. The van der Waals surface area contributed by atoms with Crippen molar-refractivity contribution in [2.45, 2.75) is 6.61 Å². The van der Waals surface area contributed by atoms with Crippen LogP contribution in [0.25, 0.3) is 0 Å². The van der Waals surface area contributed by atoms with Crippen molar-refractivity contribution < 1.29 is 14.0 Å². The Morgan fingerprint density at radius 1 is 1.17 bits per heavy atom. The quantitative estimate of drug-likeness (QED) is 0.570. The zero-order chi connectivity index (χ0) is 16.8. The standard InChI is InChI=1S/C18H18BrFN2O2/c19-16-4-3-15(18(20)11-16)13-24-21-12-14-1-5-17(6-2-14)22-7-9-23-10-8-22/h1-6,11-12H,7-10,13H2/b21-12+. The summed E-state index contributed by atoms with van der Waals surface area (Å²) in [7, 11) is 0. The third-order valence-electron chi connectivity index (χ3n) is 3.78. The zero-order valence-corrected chi connectivity index (χ0v) is 14.7. The molecule has 0 atom stereocenters. The molecule has 126 valence electrons. The fourth-order valence-corrected chi connectivity index (χ4v) is 2.77. The van der Waals surface area contributed by atoms with Crippen molar-refractivity contribution in [2.24, 2.45) is 5.16 Å². The van der Waals surface area contributed by atoms with Gasteiger partial charge in [-0.1, -0.05) is 39.3 Å². The number of morpholine rings is 1. The van der Waals surface area contributed by atoms with Crippen molar-refractivity contribution in [1.82, 2.24) is 0 Å². The molecule has 24 heavy (non-hydrogen) atoms. The van der Waals surface area contributed by atoms with Crippen molar-refractivity contribution in [3.05, 3.63) is 63.9 Å². The minimum atomic E-state index is -0.311. The summed E-state index contributed by atoms with van der Waals surface area (Å²) in [4.78, 5) is 7.47. The summed E-state index contributed by atoms with van der Waals surface area (Å²) in [6.07, 6.45) is 1.62. The van der Waals surface area contributed by atoms with E-state index in [2.05, 4.69) is 38.1 Å². The molecular formula is C18H18BrFN2O2. The van der Waals surface area contributed by atoms with Crippen LogP contribution in [0.4, 0.5) is 10.1 Å². The first-order valence-electron chi connectivity index (χ1n) is 7.74. The highest BCUT2D eigenvalue weighted by molar-refractivity contribution is 9.10. The maximum absolute atomic E-state index is 13.6. The van der Waals surface area contributed by atoms with E-state index in [1.54, 1.807) is 18.3 Å². The lowest BCUT2D eigenvalue weighted by Crippen LogP contribution is -2.36. The number of hydrogen-bond acceptors (Lipinski definition) is 4. The molecule has 1 fully saturated rings. The van der Waals surface area contributed by atoms with Gasteiger partial charge in [0.1, 0.15) is 12.4 Å². The number of ether oxygens (including phenoxy) is 1. The predicted octanol–water partition coefficient (Wildman–Crippen LogP) is 3.98. The van der Waals surface area contributed by atoms with Gasteiger partial charge < -0.3 is 14.5 Å². The lowest BCUT2D eigenvalue weighted by molar-refractivity contribution is 0.122. The molecule has 2 aromatic carbocycles. The Labute approximate surface area is 149 Å². The number of oxime groups is 1. The molecule has 0 radical (unpaired) electrons. The van der Waals surface area contributed by atoms with Crippen molar-refractivity contribution in [1.29, 1.82) is 0 Å². The second kappa shape index (κ2) is 8.26. The van der Waals surface area contributed by atoms with E-state index in [-0.39, 0.29) is 12.4 Å². The average Bonchev–Trinajstić information content (AvgIpc) is 2.61. The summed E-state index contributed by atoms with van der Waals surface area (Å²) < 4.78 is 19.7. The minimum Gasteiger partial charge on any atom is -0.391 e. The SMILES string of the molecule is Fc1cc(Br)ccc1CO/N=C/c1ccc(N2CCOCC2)cc1. The van der Waals surface area contributed by atoms with Crippen LogP contribution in [0.1, 0.15) is 11.1 Å². The van der Waals surface area contributed by atoms with Crippen LogP contribution in [0.5, 0.6) is 0 Å². The van der Waals surface area contributed by atoms with E-state index in [9.17, 15) is 4.39 Å². The maximum Gasteiger partial charge on any atom is 0.145 e. The van der Waals surface area contributed by atoms with Gasteiger partial charge in [0.05, 0.1) is 19.4 Å². The maximum atomic E-state index is 13.6. The Kier molecular flexibility index (Phi) is 5.82. The summed E-state index contributed by atoms with van der Waals surface area (Å²) in [5, 5.41) is 3.91. The lowest BCUT2D eigenvalue weighted by atomic mass is 10.2. The van der Waals surface area contributed by atoms with Crippen molar-refractivity contribution in [3.8, 4) is 0 Å². The van der Waals surface area contributed by atoms with E-state index in [4.69, 9.17) is 9.57 Å². The van der Waals surface area contributed by atoms with E-state index in [1.807, 2.05) is 12.1 Å². The first kappa shape index (κ1) is 16.9. The fraction of sp³-hybridized carbons (Fsp3) is 0.278. The zero-order valence-electron chi connectivity index (χ0n) is 13.1. The second-order valence-corrected chi connectivity index (χ2v) is 6.35. The highest BCUT2D eigenvalue weighted by Crippen LogP contribution is 2.17. The van der Waals surface area contributed by atoms with Crippen LogP contribution in [-0.4, -0.2) is 32.5 Å². The van der Waals surface area contributed by atoms with Gasteiger partial charge in [0.15, 0.2) is 0 Å². The Balaban J connectivity index is 1.52. The summed E-state index contributed by atoms with van der Waals surface area (Å²) in [6.45, 7) is 3.46. The minimum absolute atomic E-state index is 0.0987. The Bertz CT molecular complexity index is 701. The topological polar surface area (TPSA) is 34.1 Å². The molecule has 0 amide bonds. The first-order valence-corrected chi connectivity index (χ1v) is 8.54. The Morgan fingerprint density at radius 2 is 1.92 bits per heavy atom. The second-order valence-electron chi connectivity index (χ2n) is 5.43. The Hall–Kier alpha value is -1.92. The van der Waals surface area contributed by atoms with Gasteiger partial charge >= 0.3 is 0 Å². The van der Waals surface area contributed by atoms with Crippen LogP contribution in [0, 0.1) is 5.82 Å². The van der Waals surface area contributed by atoms with E-state index in [0.29, 0.717) is 10.0 Å². The van der Waals surface area contributed by atoms with Crippen LogP contribution in [-0.2, 0) is 16.2 Å². The van der Waals surface area contributed by atoms with Gasteiger partial charge in [0.25, 0.3) is 0 Å². The van der Waals surface area contributed by atoms with Crippen molar-refractivity contribution >= 4 is 27.8 Å². The van der Waals surface area contributed by atoms with Gasteiger partial charge in [-0.15, -0.1) is 0 Å². The molecular weight excluding hydrogens is 375 g/mol. The van der Waals surface area contributed by atoms with E-state index < -0.39 is 0 Å². The number of hydrogen-bond donors (Lipinski definition) is 0. The molecule has 0 aromatic heterocycles. The van der Waals surface area contributed by atoms with Crippen LogP contribution in [0.15, 0.2) is 52.1 Å². The summed E-state index contributed by atoms with van der Waals surface area (Å²) in [5.41, 5.74) is 2.58. The molecule has 1 aliphatic heterocycles. The number of benzene rings is 2. The highest BCUT2D eigenvalue weighted by atomic mass is 79.9. The van der Waals surface area contributed by atoms with Crippen molar-refractivity contribution in [2.75, 3.05) is 31.2 Å². The normalized spacial score (nSPS) is 15.0. The van der Waals surface area contributed by atoms with Gasteiger partial charge in [-0.05, 0) is 29.8 Å². The smallest absolute Gasteiger partial charge is 0.145 e. The molecule has 6 heteroatoms. The fourth-order valence-electron chi connectivity index (χ4n) is 2.44. The Morgan fingerprint density at radius 3 is 2.62 bits per heavy atom. The number of rotatable bonds is 5. The molecule has 0 unspecified atom stereocenters. The van der Waals surface area contributed by atoms with Gasteiger partial charge in [-0.3, -0.25) is 0 Å². The van der Waals surface area contributed by atoms with Crippen LogP contribution < -0.4 is 4.90 Å². The molecule has 0 spiro atoms. The van der Waals surface area contributed by atoms with Gasteiger partial charge in [-0.2, -0.15) is 0 Å². The molecule has 1 saturated heterocycles. The molecule has 3 rings (SSSR count). The molecule has 0 saturated carbocycles. The molecule has 1 heterocycles. The van der Waals surface area contributed by atoms with Crippen LogP contribution >= 0.6 is 15.9 Å². The monoisotopic (exact) mass is 392 g/mol. The summed E-state index contributed by atoms with van der Waals surface area (Å²) in [6, 6.07) is 12.9.